The average Bonchev–Trinajstić information content (AvgIpc) is 3.37. The van der Waals surface area contributed by atoms with E-state index in [1.807, 2.05) is 0 Å². The molecule has 2 unspecified atom stereocenters. The highest BCUT2D eigenvalue weighted by molar-refractivity contribution is 5.76. The molecule has 3 N–H and O–H groups in total. The van der Waals surface area contributed by atoms with E-state index in [0.717, 1.165) is 51.4 Å². The molecule has 0 aliphatic rings. The molecule has 2 atom stereocenters. The number of carbonyl (C=O) groups excluding carboxylic acids is 2. The van der Waals surface area contributed by atoms with Crippen LogP contribution in [0.1, 0.15) is 367 Å². The lowest BCUT2D eigenvalue weighted by molar-refractivity contribution is -0.143. The van der Waals surface area contributed by atoms with Crippen molar-refractivity contribution in [3.05, 3.63) is 12.2 Å². The summed E-state index contributed by atoms with van der Waals surface area (Å²) in [6, 6.07) is -0.550. The van der Waals surface area contributed by atoms with Gasteiger partial charge < -0.3 is 20.3 Å². The molecule has 0 spiro atoms. The third-order valence-corrected chi connectivity index (χ3v) is 15.3. The summed E-state index contributed by atoms with van der Waals surface area (Å²) in [7, 11) is 0. The number of amides is 1. The molecule has 0 bridgehead atoms. The van der Waals surface area contributed by atoms with Gasteiger partial charge in [-0.15, -0.1) is 0 Å². The van der Waals surface area contributed by atoms with E-state index in [0.29, 0.717) is 25.9 Å². The molecule has 71 heavy (non-hydrogen) atoms. The molecule has 0 aromatic rings. The molecule has 0 saturated heterocycles. The normalized spacial score (nSPS) is 12.6. The van der Waals surface area contributed by atoms with Crippen LogP contribution in [0.4, 0.5) is 0 Å². The summed E-state index contributed by atoms with van der Waals surface area (Å²) in [6.07, 6.45) is 73.6. The van der Waals surface area contributed by atoms with Gasteiger partial charge in [0.2, 0.25) is 5.91 Å². The number of ether oxygens (including phenoxy) is 1. The largest absolute Gasteiger partial charge is 0.466 e. The van der Waals surface area contributed by atoms with Gasteiger partial charge in [0.25, 0.3) is 0 Å². The number of rotatable bonds is 61. The first-order chi connectivity index (χ1) is 35.0. The Labute approximate surface area is 444 Å². The topological polar surface area (TPSA) is 95.9 Å². The van der Waals surface area contributed by atoms with Gasteiger partial charge in [-0.3, -0.25) is 9.59 Å². The summed E-state index contributed by atoms with van der Waals surface area (Å²) in [6.45, 7) is 4.96. The molecule has 0 aliphatic carbocycles. The van der Waals surface area contributed by atoms with E-state index < -0.39 is 12.1 Å². The Kier molecular flexibility index (Phi) is 59.9. The van der Waals surface area contributed by atoms with Crippen molar-refractivity contribution in [3.63, 3.8) is 0 Å². The van der Waals surface area contributed by atoms with Crippen molar-refractivity contribution in [1.82, 2.24) is 5.32 Å². The molecule has 0 fully saturated rings. The Morgan fingerprint density at radius 1 is 0.380 bits per heavy atom. The van der Waals surface area contributed by atoms with Gasteiger partial charge in [-0.1, -0.05) is 315 Å². The first-order valence-electron chi connectivity index (χ1n) is 32.4. The molecule has 0 heterocycles. The van der Waals surface area contributed by atoms with Crippen molar-refractivity contribution in [1.29, 1.82) is 0 Å². The minimum absolute atomic E-state index is 0.00116. The summed E-state index contributed by atoms with van der Waals surface area (Å²) in [5, 5.41) is 23.4. The summed E-state index contributed by atoms with van der Waals surface area (Å²) in [4.78, 5) is 24.6. The molecule has 6 nitrogen and oxygen atoms in total. The van der Waals surface area contributed by atoms with Crippen LogP contribution in [0.3, 0.4) is 0 Å². The van der Waals surface area contributed by atoms with Gasteiger partial charge in [0, 0.05) is 12.8 Å². The number of nitrogens with one attached hydrogen (secondary N) is 1. The number of esters is 1. The predicted octanol–water partition coefficient (Wildman–Crippen LogP) is 20.4. The zero-order valence-electron chi connectivity index (χ0n) is 48.2. The van der Waals surface area contributed by atoms with E-state index in [1.165, 1.54) is 283 Å². The molecular formula is C65H127NO5. The Hall–Kier alpha value is -1.40. The standard InChI is InChI=1S/C65H127NO5/c1-3-5-7-9-11-13-15-17-19-21-23-24-26-27-29-33-37-41-45-49-53-57-63(68)62(61-67)66-64(69)58-54-50-46-42-38-34-31-32-36-40-44-48-52-56-60-71-65(70)59-55-51-47-43-39-35-30-28-25-22-20-18-16-14-12-10-8-6-4-2/h18,20,62-63,67-68H,3-17,19,21-61H2,1-2H3,(H,66,69)/b20-18-. The van der Waals surface area contributed by atoms with Gasteiger partial charge in [-0.2, -0.15) is 0 Å². The summed E-state index contributed by atoms with van der Waals surface area (Å²) in [5.41, 5.74) is 0. The zero-order valence-corrected chi connectivity index (χ0v) is 48.2. The maximum atomic E-state index is 12.5. The molecule has 0 rings (SSSR count). The van der Waals surface area contributed by atoms with Crippen LogP contribution in [0.2, 0.25) is 0 Å². The van der Waals surface area contributed by atoms with Gasteiger partial charge >= 0.3 is 5.97 Å². The van der Waals surface area contributed by atoms with Crippen molar-refractivity contribution < 1.29 is 24.5 Å². The number of aliphatic hydroxyl groups excluding tert-OH is 2. The molecule has 422 valence electrons. The Morgan fingerprint density at radius 3 is 1.00 bits per heavy atom. The zero-order chi connectivity index (χ0) is 51.4. The van der Waals surface area contributed by atoms with E-state index >= 15 is 0 Å². The minimum atomic E-state index is -0.672. The van der Waals surface area contributed by atoms with E-state index in [2.05, 4.69) is 31.3 Å². The van der Waals surface area contributed by atoms with Crippen molar-refractivity contribution in [2.75, 3.05) is 13.2 Å². The van der Waals surface area contributed by atoms with Crippen molar-refractivity contribution in [3.8, 4) is 0 Å². The highest BCUT2D eigenvalue weighted by Gasteiger charge is 2.20. The summed E-state index contributed by atoms with van der Waals surface area (Å²) in [5.74, 6) is -0.0423. The molecule has 0 aromatic carbocycles. The van der Waals surface area contributed by atoms with Gasteiger partial charge in [-0.05, 0) is 51.4 Å². The lowest BCUT2D eigenvalue weighted by Crippen LogP contribution is -2.45. The molecule has 6 heteroatoms. The average molecular weight is 1000 g/mol. The summed E-state index contributed by atoms with van der Waals surface area (Å²) < 4.78 is 5.50. The van der Waals surface area contributed by atoms with Crippen molar-refractivity contribution in [2.45, 2.75) is 379 Å². The first-order valence-corrected chi connectivity index (χ1v) is 32.4. The minimum Gasteiger partial charge on any atom is -0.466 e. The maximum Gasteiger partial charge on any atom is 0.305 e. The molecule has 0 aromatic heterocycles. The Morgan fingerprint density at radius 2 is 0.662 bits per heavy atom. The van der Waals surface area contributed by atoms with Crippen LogP contribution in [-0.4, -0.2) is 47.4 Å². The Balaban J connectivity index is 3.41. The monoisotopic (exact) mass is 1000 g/mol. The van der Waals surface area contributed by atoms with Crippen LogP contribution in [0.25, 0.3) is 0 Å². The number of aliphatic hydroxyl groups is 2. The SMILES string of the molecule is CCCCCCCC/C=C\CCCCCCCCCCCC(=O)OCCCCCCCCCCCCCCCCC(=O)NC(CO)C(O)CCCCCCCCCCCCCCCCCCCCCCC. The smallest absolute Gasteiger partial charge is 0.305 e. The molecular weight excluding hydrogens is 875 g/mol. The second-order valence-corrected chi connectivity index (χ2v) is 22.5. The van der Waals surface area contributed by atoms with E-state index in [9.17, 15) is 19.8 Å². The predicted molar refractivity (Wildman–Crippen MR) is 310 cm³/mol. The molecule has 0 saturated carbocycles. The van der Waals surface area contributed by atoms with E-state index in [1.54, 1.807) is 0 Å². The fourth-order valence-electron chi connectivity index (χ4n) is 10.3. The van der Waals surface area contributed by atoms with Crippen LogP contribution in [-0.2, 0) is 14.3 Å². The Bertz CT molecular complexity index is 1060. The summed E-state index contributed by atoms with van der Waals surface area (Å²) >= 11 is 0. The second-order valence-electron chi connectivity index (χ2n) is 22.5. The van der Waals surface area contributed by atoms with Crippen LogP contribution >= 0.6 is 0 Å². The molecule has 0 aliphatic heterocycles. The van der Waals surface area contributed by atoms with Crippen LogP contribution in [0.15, 0.2) is 12.2 Å². The molecule has 0 radical (unpaired) electrons. The number of carbonyl (C=O) groups is 2. The van der Waals surface area contributed by atoms with E-state index in [4.69, 9.17) is 4.74 Å². The number of hydrogen-bond acceptors (Lipinski definition) is 5. The second kappa shape index (κ2) is 61.1. The number of unbranched alkanes of at least 4 members (excludes halogenated alkanes) is 48. The fraction of sp³-hybridized carbons (Fsp3) is 0.938. The first kappa shape index (κ1) is 69.6. The van der Waals surface area contributed by atoms with Crippen molar-refractivity contribution in [2.24, 2.45) is 0 Å². The highest BCUT2D eigenvalue weighted by Crippen LogP contribution is 2.18. The quantitative estimate of drug-likeness (QED) is 0.0320. The van der Waals surface area contributed by atoms with Gasteiger partial charge in [0.05, 0.1) is 25.4 Å². The van der Waals surface area contributed by atoms with Gasteiger partial charge in [-0.25, -0.2) is 0 Å². The lowest BCUT2D eigenvalue weighted by atomic mass is 10.0. The fourth-order valence-corrected chi connectivity index (χ4v) is 10.3. The number of hydrogen-bond donors (Lipinski definition) is 3. The van der Waals surface area contributed by atoms with Crippen LogP contribution in [0.5, 0.6) is 0 Å². The number of allylic oxidation sites excluding steroid dienone is 2. The third-order valence-electron chi connectivity index (χ3n) is 15.3. The maximum absolute atomic E-state index is 12.5. The van der Waals surface area contributed by atoms with Gasteiger partial charge in [0.1, 0.15) is 0 Å². The van der Waals surface area contributed by atoms with E-state index in [-0.39, 0.29) is 18.5 Å². The van der Waals surface area contributed by atoms with Crippen molar-refractivity contribution >= 4 is 11.9 Å². The lowest BCUT2D eigenvalue weighted by Gasteiger charge is -2.22. The van der Waals surface area contributed by atoms with Crippen LogP contribution < -0.4 is 5.32 Å². The molecule has 1 amide bonds. The highest BCUT2D eigenvalue weighted by atomic mass is 16.5. The van der Waals surface area contributed by atoms with Gasteiger partial charge in [0.15, 0.2) is 0 Å². The van der Waals surface area contributed by atoms with Crippen LogP contribution in [0, 0.1) is 0 Å². The third kappa shape index (κ3) is 57.7.